The molecule has 0 atom stereocenters. The van der Waals surface area contributed by atoms with Gasteiger partial charge in [0.05, 0.1) is 35.5 Å². The van der Waals surface area contributed by atoms with E-state index in [0.717, 1.165) is 5.56 Å². The van der Waals surface area contributed by atoms with Crippen molar-refractivity contribution in [2.75, 3.05) is 44.5 Å². The number of benzene rings is 2. The zero-order chi connectivity index (χ0) is 34.0. The van der Waals surface area contributed by atoms with E-state index in [2.05, 4.69) is 15.4 Å². The van der Waals surface area contributed by atoms with Crippen LogP contribution >= 0.6 is 0 Å². The fourth-order valence-corrected chi connectivity index (χ4v) is 5.16. The number of fused-ring (bicyclic) bond motifs is 2. The maximum atomic E-state index is 13.7. The number of likely N-dealkylation sites (N-methyl/N-ethyl adjacent to an activating group) is 1. The number of nitrogens with zero attached hydrogens (tertiary/aromatic N) is 8. The standard InChI is InChI=1S/C35H37N9O4/c1-35(2,3)48-34(46)42(18-17-41(4)5)32-26-21-37-27(25-22-38-43-16-10-15-36-31(25)43)20-29(26)44(40-32)28-14-13-24(19-30(28)47-6)39-33(45)23-11-8-7-9-12-23/h7-16,19-22H,17-18H2,1-6H3,(H,39,45). The lowest BCUT2D eigenvalue weighted by Crippen LogP contribution is -2.40. The molecule has 0 bridgehead atoms. The summed E-state index contributed by atoms with van der Waals surface area (Å²) >= 11 is 0. The van der Waals surface area contributed by atoms with Crippen molar-refractivity contribution in [2.45, 2.75) is 26.4 Å². The second kappa shape index (κ2) is 13.1. The van der Waals surface area contributed by atoms with Gasteiger partial charge in [0.2, 0.25) is 0 Å². The zero-order valence-electron chi connectivity index (χ0n) is 27.7. The van der Waals surface area contributed by atoms with Crippen LogP contribution in [0.1, 0.15) is 31.1 Å². The number of nitrogens with one attached hydrogen (secondary N) is 1. The molecule has 0 aliphatic carbocycles. The van der Waals surface area contributed by atoms with Crippen LogP contribution in [0, 0.1) is 0 Å². The summed E-state index contributed by atoms with van der Waals surface area (Å²) in [5, 5.41) is 13.0. The molecule has 246 valence electrons. The average molecular weight is 648 g/mol. The van der Waals surface area contributed by atoms with Gasteiger partial charge in [-0.15, -0.1) is 5.10 Å². The van der Waals surface area contributed by atoms with Gasteiger partial charge in [-0.25, -0.2) is 19.0 Å². The minimum absolute atomic E-state index is 0.246. The maximum Gasteiger partial charge on any atom is 0.416 e. The summed E-state index contributed by atoms with van der Waals surface area (Å²) in [7, 11) is 5.42. The fraction of sp³-hybridized carbons (Fsp3) is 0.257. The Kier molecular flexibility index (Phi) is 8.78. The lowest BCUT2D eigenvalue weighted by atomic mass is 10.1. The number of rotatable bonds is 9. The first-order valence-corrected chi connectivity index (χ1v) is 15.4. The highest BCUT2D eigenvalue weighted by Crippen LogP contribution is 2.36. The SMILES string of the molecule is COc1cc(NC(=O)c2ccccc2)ccc1-n1nc(N(CCN(C)C)C(=O)OC(C)(C)C)c2cnc(-c3cnn4cccnc34)cc21. The van der Waals surface area contributed by atoms with Crippen molar-refractivity contribution in [3.63, 3.8) is 0 Å². The molecule has 4 aromatic heterocycles. The van der Waals surface area contributed by atoms with Gasteiger partial charge in [-0.2, -0.15) is 5.10 Å². The van der Waals surface area contributed by atoms with Gasteiger partial charge >= 0.3 is 6.09 Å². The number of hydrogen-bond acceptors (Lipinski definition) is 9. The first-order valence-electron chi connectivity index (χ1n) is 15.4. The number of ether oxygens (including phenoxy) is 2. The van der Waals surface area contributed by atoms with E-state index in [0.29, 0.717) is 63.8 Å². The van der Waals surface area contributed by atoms with Gasteiger partial charge in [0.25, 0.3) is 5.91 Å². The first-order chi connectivity index (χ1) is 23.0. The molecule has 13 heteroatoms. The number of methoxy groups -OCH3 is 1. The van der Waals surface area contributed by atoms with Crippen molar-refractivity contribution < 1.29 is 19.1 Å². The Bertz CT molecular complexity index is 2100. The van der Waals surface area contributed by atoms with Crippen molar-refractivity contribution >= 4 is 40.1 Å². The van der Waals surface area contributed by atoms with Gasteiger partial charge < -0.3 is 19.7 Å². The Morgan fingerprint density at radius 3 is 2.48 bits per heavy atom. The predicted molar refractivity (Wildman–Crippen MR) is 184 cm³/mol. The largest absolute Gasteiger partial charge is 0.494 e. The van der Waals surface area contributed by atoms with Crippen molar-refractivity contribution in [3.8, 4) is 22.7 Å². The topological polar surface area (TPSA) is 132 Å². The number of anilines is 2. The van der Waals surface area contributed by atoms with Crippen molar-refractivity contribution in [1.82, 2.24) is 34.3 Å². The second-order valence-electron chi connectivity index (χ2n) is 12.4. The summed E-state index contributed by atoms with van der Waals surface area (Å²) in [6.07, 6.45) is 6.40. The summed E-state index contributed by atoms with van der Waals surface area (Å²) in [4.78, 5) is 39.4. The maximum absolute atomic E-state index is 13.7. The molecule has 0 saturated heterocycles. The van der Waals surface area contributed by atoms with Crippen LogP contribution in [0.15, 0.2) is 85.5 Å². The van der Waals surface area contributed by atoms with E-state index in [9.17, 15) is 9.59 Å². The lowest BCUT2D eigenvalue weighted by molar-refractivity contribution is 0.0577. The van der Waals surface area contributed by atoms with Gasteiger partial charge in [0.1, 0.15) is 17.0 Å². The van der Waals surface area contributed by atoms with Gasteiger partial charge in [0.15, 0.2) is 11.5 Å². The molecule has 13 nitrogen and oxygen atoms in total. The molecule has 0 radical (unpaired) electrons. The van der Waals surface area contributed by atoms with Gasteiger partial charge in [-0.1, -0.05) is 18.2 Å². The quantitative estimate of drug-likeness (QED) is 0.210. The van der Waals surface area contributed by atoms with E-state index >= 15 is 0 Å². The number of pyridine rings is 1. The van der Waals surface area contributed by atoms with E-state index < -0.39 is 11.7 Å². The summed E-state index contributed by atoms with van der Waals surface area (Å²) in [5.74, 6) is 0.579. The van der Waals surface area contributed by atoms with Gasteiger partial charge in [-0.05, 0) is 71.3 Å². The third-order valence-corrected chi connectivity index (χ3v) is 7.44. The molecule has 1 N–H and O–H groups in total. The molecule has 0 aliphatic rings. The van der Waals surface area contributed by atoms with E-state index in [4.69, 9.17) is 19.6 Å². The van der Waals surface area contributed by atoms with Crippen molar-refractivity contribution in [1.29, 1.82) is 0 Å². The smallest absolute Gasteiger partial charge is 0.416 e. The summed E-state index contributed by atoms with van der Waals surface area (Å²) in [6.45, 7) is 6.36. The third-order valence-electron chi connectivity index (χ3n) is 7.44. The number of aromatic nitrogens is 6. The van der Waals surface area contributed by atoms with Gasteiger partial charge in [0, 0.05) is 49.0 Å². The van der Waals surface area contributed by atoms with Crippen LogP contribution in [0.2, 0.25) is 0 Å². The molecule has 0 saturated carbocycles. The molecule has 0 spiro atoms. The Morgan fingerprint density at radius 2 is 1.75 bits per heavy atom. The molecular formula is C35H37N9O4. The monoisotopic (exact) mass is 647 g/mol. The minimum Gasteiger partial charge on any atom is -0.494 e. The number of hydrogen-bond donors (Lipinski definition) is 1. The van der Waals surface area contributed by atoms with Crippen LogP contribution in [0.3, 0.4) is 0 Å². The average Bonchev–Trinajstić information content (AvgIpc) is 3.66. The zero-order valence-corrected chi connectivity index (χ0v) is 27.7. The van der Waals surface area contributed by atoms with Crippen molar-refractivity contribution in [2.24, 2.45) is 0 Å². The highest BCUT2D eigenvalue weighted by Gasteiger charge is 2.29. The molecule has 2 aromatic carbocycles. The molecule has 6 rings (SSSR count). The third kappa shape index (κ3) is 6.67. The molecule has 0 fully saturated rings. The van der Waals surface area contributed by atoms with E-state index in [1.807, 2.05) is 76.3 Å². The van der Waals surface area contributed by atoms with E-state index in [-0.39, 0.29) is 5.91 Å². The van der Waals surface area contributed by atoms with Crippen LogP contribution in [0.4, 0.5) is 16.3 Å². The van der Waals surface area contributed by atoms with Crippen LogP contribution in [-0.2, 0) is 4.74 Å². The summed E-state index contributed by atoms with van der Waals surface area (Å²) in [5.41, 5.74) is 3.58. The molecule has 0 aliphatic heterocycles. The highest BCUT2D eigenvalue weighted by atomic mass is 16.6. The Labute approximate surface area is 277 Å². The number of amides is 2. The van der Waals surface area contributed by atoms with Crippen molar-refractivity contribution in [3.05, 3.63) is 91.0 Å². The minimum atomic E-state index is -0.725. The van der Waals surface area contributed by atoms with Crippen LogP contribution < -0.4 is 15.0 Å². The Balaban J connectivity index is 1.50. The molecule has 6 aromatic rings. The van der Waals surface area contributed by atoms with Gasteiger partial charge in [-0.3, -0.25) is 14.7 Å². The van der Waals surface area contributed by atoms with Crippen LogP contribution in [0.25, 0.3) is 33.5 Å². The highest BCUT2D eigenvalue weighted by molar-refractivity contribution is 6.04. The first kappa shape index (κ1) is 32.1. The molecule has 48 heavy (non-hydrogen) atoms. The Hall–Kier alpha value is -5.82. The molecule has 4 heterocycles. The number of carbonyl (C=O) groups excluding carboxylic acids is 2. The number of carbonyl (C=O) groups is 2. The van der Waals surface area contributed by atoms with Crippen LogP contribution in [0.5, 0.6) is 5.75 Å². The lowest BCUT2D eigenvalue weighted by Gasteiger charge is -2.27. The molecule has 2 amide bonds. The summed E-state index contributed by atoms with van der Waals surface area (Å²) in [6, 6.07) is 18.0. The second-order valence-corrected chi connectivity index (χ2v) is 12.4. The predicted octanol–water partition coefficient (Wildman–Crippen LogP) is 5.69. The van der Waals surface area contributed by atoms with E-state index in [1.54, 1.807) is 65.2 Å². The fourth-order valence-electron chi connectivity index (χ4n) is 5.16. The van der Waals surface area contributed by atoms with Crippen LogP contribution in [-0.4, -0.2) is 86.2 Å². The Morgan fingerprint density at radius 1 is 0.958 bits per heavy atom. The molecule has 0 unspecified atom stereocenters. The normalized spacial score (nSPS) is 11.6. The summed E-state index contributed by atoms with van der Waals surface area (Å²) < 4.78 is 15.1. The molecular weight excluding hydrogens is 610 g/mol. The van der Waals surface area contributed by atoms with E-state index in [1.165, 1.54) is 4.90 Å².